The molecule has 0 aliphatic carbocycles. The van der Waals surface area contributed by atoms with Crippen LogP contribution in [-0.4, -0.2) is 6.41 Å². The van der Waals surface area contributed by atoms with Crippen LogP contribution < -0.4 is 4.90 Å². The maximum Gasteiger partial charge on any atom is 0.214 e. The van der Waals surface area contributed by atoms with Crippen LogP contribution in [0.15, 0.2) is 54.6 Å². The number of aryl methyl sites for hydroxylation is 1. The third-order valence-corrected chi connectivity index (χ3v) is 3.91. The van der Waals surface area contributed by atoms with E-state index in [0.29, 0.717) is 5.03 Å². The van der Waals surface area contributed by atoms with E-state index in [0.717, 1.165) is 23.2 Å². The second kappa shape index (κ2) is 5.14. The number of rotatable bonds is 2. The predicted octanol–water partition coefficient (Wildman–Crippen LogP) is 4.29. The number of fused-ring (bicyclic) bond motifs is 1. The molecule has 1 amide bonds. The van der Waals surface area contributed by atoms with Gasteiger partial charge < -0.3 is 4.90 Å². The van der Waals surface area contributed by atoms with Crippen LogP contribution in [0.1, 0.15) is 22.7 Å². The lowest BCUT2D eigenvalue weighted by atomic mass is 9.97. The summed E-state index contributed by atoms with van der Waals surface area (Å²) in [7, 11) is 0. The van der Waals surface area contributed by atoms with Gasteiger partial charge in [0.1, 0.15) is 0 Å². The van der Waals surface area contributed by atoms with E-state index in [1.54, 1.807) is 4.90 Å². The van der Waals surface area contributed by atoms with Gasteiger partial charge in [0.15, 0.2) is 0 Å². The van der Waals surface area contributed by atoms with Gasteiger partial charge in [0.2, 0.25) is 6.41 Å². The maximum absolute atomic E-state index is 11.5. The minimum atomic E-state index is -0.157. The largest absolute Gasteiger partial charge is 0.303 e. The first-order valence-electron chi connectivity index (χ1n) is 6.47. The summed E-state index contributed by atoms with van der Waals surface area (Å²) in [6.07, 6.45) is 2.78. The first kappa shape index (κ1) is 12.9. The topological polar surface area (TPSA) is 20.3 Å². The second-order valence-corrected chi connectivity index (χ2v) is 5.31. The van der Waals surface area contributed by atoms with E-state index >= 15 is 0 Å². The molecular weight excluding hydrogens is 270 g/mol. The average molecular weight is 284 g/mol. The van der Waals surface area contributed by atoms with Crippen LogP contribution in [0.25, 0.3) is 5.03 Å². The number of halogens is 1. The van der Waals surface area contributed by atoms with Crippen molar-refractivity contribution in [3.8, 4) is 0 Å². The van der Waals surface area contributed by atoms with Gasteiger partial charge in [0.25, 0.3) is 0 Å². The van der Waals surface area contributed by atoms with Crippen molar-refractivity contribution < 1.29 is 4.79 Å². The Labute approximate surface area is 123 Å². The fraction of sp³-hybridized carbons (Fsp3) is 0.118. The van der Waals surface area contributed by atoms with Crippen LogP contribution in [0, 0.1) is 6.92 Å². The highest BCUT2D eigenvalue weighted by Crippen LogP contribution is 2.40. The molecule has 0 unspecified atom stereocenters. The average Bonchev–Trinajstić information content (AvgIpc) is 2.48. The van der Waals surface area contributed by atoms with Crippen LogP contribution in [0.2, 0.25) is 0 Å². The maximum atomic E-state index is 11.5. The number of hydrogen-bond donors (Lipinski definition) is 0. The van der Waals surface area contributed by atoms with Crippen molar-refractivity contribution in [1.82, 2.24) is 0 Å². The molecule has 0 N–H and O–H groups in total. The van der Waals surface area contributed by atoms with Crippen molar-refractivity contribution in [3.63, 3.8) is 0 Å². The fourth-order valence-electron chi connectivity index (χ4n) is 2.50. The second-order valence-electron chi connectivity index (χ2n) is 4.90. The zero-order valence-electron chi connectivity index (χ0n) is 11.1. The van der Waals surface area contributed by atoms with Crippen LogP contribution in [0.4, 0.5) is 5.69 Å². The van der Waals surface area contributed by atoms with Crippen LogP contribution in [0.3, 0.4) is 0 Å². The van der Waals surface area contributed by atoms with Crippen molar-refractivity contribution in [1.29, 1.82) is 0 Å². The number of para-hydroxylation sites is 1. The smallest absolute Gasteiger partial charge is 0.214 e. The molecule has 20 heavy (non-hydrogen) atoms. The molecule has 0 saturated carbocycles. The fourth-order valence-corrected chi connectivity index (χ4v) is 2.78. The number of nitrogens with zero attached hydrogens (tertiary/aromatic N) is 1. The monoisotopic (exact) mass is 283 g/mol. The Morgan fingerprint density at radius 3 is 2.50 bits per heavy atom. The van der Waals surface area contributed by atoms with Crippen molar-refractivity contribution in [3.05, 3.63) is 71.3 Å². The summed E-state index contributed by atoms with van der Waals surface area (Å²) in [6, 6.07) is 15.7. The molecule has 1 atom stereocenters. The molecule has 0 radical (unpaired) electrons. The Kier molecular flexibility index (Phi) is 3.33. The van der Waals surface area contributed by atoms with Crippen molar-refractivity contribution in [2.45, 2.75) is 13.0 Å². The zero-order chi connectivity index (χ0) is 14.1. The Bertz CT molecular complexity index is 676. The highest BCUT2D eigenvalue weighted by molar-refractivity contribution is 6.49. The van der Waals surface area contributed by atoms with Crippen LogP contribution >= 0.6 is 11.6 Å². The van der Waals surface area contributed by atoms with E-state index in [2.05, 4.69) is 0 Å². The van der Waals surface area contributed by atoms with Gasteiger partial charge in [-0.1, -0.05) is 59.6 Å². The van der Waals surface area contributed by atoms with E-state index in [1.165, 1.54) is 5.56 Å². The highest BCUT2D eigenvalue weighted by atomic mass is 35.5. The summed E-state index contributed by atoms with van der Waals surface area (Å²) in [4.78, 5) is 13.2. The molecule has 2 aromatic rings. The summed E-state index contributed by atoms with van der Waals surface area (Å²) in [5.41, 5.74) is 3.98. The molecule has 1 aliphatic heterocycles. The number of carbonyl (C=O) groups excluding carboxylic acids is 1. The van der Waals surface area contributed by atoms with Gasteiger partial charge in [-0.05, 0) is 24.6 Å². The van der Waals surface area contributed by atoms with Crippen LogP contribution in [-0.2, 0) is 4.79 Å². The minimum absolute atomic E-state index is 0.157. The van der Waals surface area contributed by atoms with Crippen molar-refractivity contribution >= 4 is 28.7 Å². The lowest BCUT2D eigenvalue weighted by molar-refractivity contribution is -0.107. The quantitative estimate of drug-likeness (QED) is 0.753. The van der Waals surface area contributed by atoms with Crippen molar-refractivity contribution in [2.75, 3.05) is 4.90 Å². The Morgan fingerprint density at radius 2 is 1.80 bits per heavy atom. The van der Waals surface area contributed by atoms with E-state index < -0.39 is 0 Å². The normalized spacial score (nSPS) is 17.4. The number of hydrogen-bond acceptors (Lipinski definition) is 1. The lowest BCUT2D eigenvalue weighted by Crippen LogP contribution is -2.29. The van der Waals surface area contributed by atoms with E-state index in [-0.39, 0.29) is 6.04 Å². The predicted molar refractivity (Wildman–Crippen MR) is 82.7 cm³/mol. The third kappa shape index (κ3) is 2.12. The Hall–Kier alpha value is -2.06. The zero-order valence-corrected chi connectivity index (χ0v) is 11.8. The number of carbonyl (C=O) groups is 1. The number of amides is 1. The van der Waals surface area contributed by atoms with Gasteiger partial charge in [-0.3, -0.25) is 4.79 Å². The first-order chi connectivity index (χ1) is 9.70. The number of benzene rings is 2. The third-order valence-electron chi connectivity index (χ3n) is 3.58. The van der Waals surface area contributed by atoms with Gasteiger partial charge in [-0.15, -0.1) is 0 Å². The summed E-state index contributed by atoms with van der Waals surface area (Å²) >= 11 is 6.36. The molecule has 2 nitrogen and oxygen atoms in total. The standard InChI is InChI=1S/C17H14ClNO/c1-12-6-8-13(9-7-12)17-10-15(18)14-4-2-3-5-16(14)19(17)11-20/h2-11,17H,1H3/t17-/m0/s1. The first-order valence-corrected chi connectivity index (χ1v) is 6.85. The van der Waals surface area contributed by atoms with E-state index in [4.69, 9.17) is 11.6 Å². The highest BCUT2D eigenvalue weighted by Gasteiger charge is 2.26. The van der Waals surface area contributed by atoms with Crippen molar-refractivity contribution in [2.24, 2.45) is 0 Å². The molecule has 3 rings (SSSR count). The van der Waals surface area contributed by atoms with Gasteiger partial charge in [-0.25, -0.2) is 0 Å². The SMILES string of the molecule is Cc1ccc([C@@H]2C=C(Cl)c3ccccc3N2C=O)cc1. The van der Waals surface area contributed by atoms with Gasteiger partial charge in [0, 0.05) is 10.6 Å². The summed E-state index contributed by atoms with van der Waals surface area (Å²) in [5, 5.41) is 0.685. The summed E-state index contributed by atoms with van der Waals surface area (Å²) in [5.74, 6) is 0. The molecule has 0 fully saturated rings. The molecule has 2 aromatic carbocycles. The molecule has 100 valence electrons. The summed E-state index contributed by atoms with van der Waals surface area (Å²) in [6.45, 7) is 2.04. The van der Waals surface area contributed by atoms with Gasteiger partial charge >= 0.3 is 0 Å². The Balaban J connectivity index is 2.11. The lowest BCUT2D eigenvalue weighted by Gasteiger charge is -2.32. The molecule has 3 heteroatoms. The molecule has 0 saturated heterocycles. The molecule has 0 aromatic heterocycles. The molecule has 1 aliphatic rings. The summed E-state index contributed by atoms with van der Waals surface area (Å²) < 4.78 is 0. The molecular formula is C17H14ClNO. The molecule has 0 spiro atoms. The Morgan fingerprint density at radius 1 is 1.10 bits per heavy atom. The van der Waals surface area contributed by atoms with Gasteiger partial charge in [0.05, 0.1) is 11.7 Å². The van der Waals surface area contributed by atoms with E-state index in [9.17, 15) is 4.79 Å². The van der Waals surface area contributed by atoms with Crippen LogP contribution in [0.5, 0.6) is 0 Å². The molecule has 1 heterocycles. The van der Waals surface area contributed by atoms with E-state index in [1.807, 2.05) is 61.5 Å². The number of anilines is 1. The van der Waals surface area contributed by atoms with Gasteiger partial charge in [-0.2, -0.15) is 0 Å². The molecule has 0 bridgehead atoms. The minimum Gasteiger partial charge on any atom is -0.303 e.